The lowest BCUT2D eigenvalue weighted by atomic mass is 9.76. The number of nitrogens with zero attached hydrogens (tertiary/aromatic N) is 1. The molecular weight excluding hydrogens is 328 g/mol. The van der Waals surface area contributed by atoms with Crippen LogP contribution < -0.4 is 9.46 Å². The average molecular weight is 352 g/mol. The lowest BCUT2D eigenvalue weighted by molar-refractivity contribution is -0.0250. The number of benzene rings is 1. The van der Waals surface area contributed by atoms with E-state index in [9.17, 15) is 13.5 Å². The van der Waals surface area contributed by atoms with Gasteiger partial charge in [0.05, 0.1) is 11.3 Å². The Morgan fingerprint density at radius 1 is 1.38 bits per heavy atom. The van der Waals surface area contributed by atoms with Crippen molar-refractivity contribution in [2.45, 2.75) is 56.4 Å². The van der Waals surface area contributed by atoms with E-state index in [-0.39, 0.29) is 6.61 Å². The molecule has 0 bridgehead atoms. The lowest BCUT2D eigenvalue weighted by Crippen LogP contribution is -2.53. The summed E-state index contributed by atoms with van der Waals surface area (Å²) in [4.78, 5) is 0. The molecule has 1 unspecified atom stereocenters. The first-order chi connectivity index (χ1) is 11.3. The van der Waals surface area contributed by atoms with E-state index >= 15 is 0 Å². The Balaban J connectivity index is 2.25. The number of hydrogen-bond acceptors (Lipinski definition) is 5. The highest BCUT2D eigenvalue weighted by Gasteiger charge is 2.42. The molecule has 24 heavy (non-hydrogen) atoms. The second-order valence-electron chi connectivity index (χ2n) is 6.41. The van der Waals surface area contributed by atoms with Gasteiger partial charge < -0.3 is 9.84 Å². The molecule has 2 N–H and O–H groups in total. The van der Waals surface area contributed by atoms with Crippen LogP contribution in [-0.2, 0) is 15.6 Å². The number of aliphatic hydroxyl groups is 1. The van der Waals surface area contributed by atoms with Crippen LogP contribution in [0.25, 0.3) is 0 Å². The van der Waals surface area contributed by atoms with Crippen LogP contribution in [0.1, 0.15) is 45.1 Å². The first-order valence-corrected chi connectivity index (χ1v) is 9.68. The van der Waals surface area contributed by atoms with Crippen molar-refractivity contribution in [1.82, 2.24) is 4.72 Å². The van der Waals surface area contributed by atoms with Crippen molar-refractivity contribution in [3.05, 3.63) is 29.8 Å². The van der Waals surface area contributed by atoms with Crippen LogP contribution in [0.5, 0.6) is 5.75 Å². The lowest BCUT2D eigenvalue weighted by Gasteiger charge is -2.41. The van der Waals surface area contributed by atoms with E-state index in [0.29, 0.717) is 24.2 Å². The molecule has 1 saturated carbocycles. The number of sulfonamides is 1. The van der Waals surface area contributed by atoms with Gasteiger partial charge in [-0.15, -0.1) is 0 Å². The molecule has 0 aliphatic heterocycles. The highest BCUT2D eigenvalue weighted by molar-refractivity contribution is 7.90. The van der Waals surface area contributed by atoms with E-state index < -0.39 is 26.9 Å². The minimum atomic E-state index is -3.47. The Kier molecular flexibility index (Phi) is 5.86. The zero-order valence-corrected chi connectivity index (χ0v) is 14.8. The third kappa shape index (κ3) is 4.07. The molecule has 1 aliphatic rings. The van der Waals surface area contributed by atoms with Crippen molar-refractivity contribution >= 4 is 10.0 Å². The summed E-state index contributed by atoms with van der Waals surface area (Å²) >= 11 is 0. The van der Waals surface area contributed by atoms with Gasteiger partial charge >= 0.3 is 0 Å². The molecule has 1 fully saturated rings. The van der Waals surface area contributed by atoms with Crippen LogP contribution >= 0.6 is 0 Å². The molecule has 0 radical (unpaired) electrons. The fourth-order valence-corrected chi connectivity index (χ4v) is 3.93. The molecule has 132 valence electrons. The van der Waals surface area contributed by atoms with Gasteiger partial charge in [0, 0.05) is 0 Å². The predicted octanol–water partition coefficient (Wildman–Crippen LogP) is 2.05. The summed E-state index contributed by atoms with van der Waals surface area (Å²) in [6.45, 7) is 3.19. The zero-order chi connectivity index (χ0) is 17.8. The monoisotopic (exact) mass is 352 g/mol. The van der Waals surface area contributed by atoms with Gasteiger partial charge in [0.2, 0.25) is 10.0 Å². The number of hydrogen-bond donors (Lipinski definition) is 2. The normalized spacial score (nSPS) is 24.5. The van der Waals surface area contributed by atoms with E-state index in [1.165, 1.54) is 0 Å². The summed E-state index contributed by atoms with van der Waals surface area (Å²) in [5.41, 5.74) is -0.587. The van der Waals surface area contributed by atoms with Gasteiger partial charge in [-0.05, 0) is 44.4 Å². The summed E-state index contributed by atoms with van der Waals surface area (Å²) in [6, 6.07) is 8.18. The quantitative estimate of drug-likeness (QED) is 0.816. The second kappa shape index (κ2) is 7.51. The van der Waals surface area contributed by atoms with Gasteiger partial charge in [-0.1, -0.05) is 25.0 Å². The predicted molar refractivity (Wildman–Crippen MR) is 90.9 cm³/mol. The molecule has 2 atom stereocenters. The molecule has 2 rings (SSSR count). The molecule has 0 saturated heterocycles. The molecule has 0 spiro atoms. The summed E-state index contributed by atoms with van der Waals surface area (Å²) in [5.74, 6) is 0.541. The van der Waals surface area contributed by atoms with E-state index in [2.05, 4.69) is 4.72 Å². The fourth-order valence-electron chi connectivity index (χ4n) is 2.95. The minimum Gasteiger partial charge on any atom is -0.479 e. The molecule has 6 nitrogen and oxygen atoms in total. The third-order valence-corrected chi connectivity index (χ3v) is 6.32. The maximum absolute atomic E-state index is 12.2. The van der Waals surface area contributed by atoms with E-state index in [0.717, 1.165) is 12.8 Å². The second-order valence-corrected chi connectivity index (χ2v) is 8.67. The maximum atomic E-state index is 12.2. The first kappa shape index (κ1) is 18.7. The van der Waals surface area contributed by atoms with Crippen molar-refractivity contribution in [2.24, 2.45) is 0 Å². The standard InChI is InChI=1S/C17H24N2O4S/c1-13(2)24(21,22)19-16-5-3-4-10-17(16,20)14-6-8-15(9-7-14)23-12-11-18/h6-9,13,16,19-20H,3-5,10,12H2,1-2H3/t16-,17?/m0/s1. The topological polar surface area (TPSA) is 99.4 Å². The van der Waals surface area contributed by atoms with Gasteiger partial charge in [-0.3, -0.25) is 0 Å². The average Bonchev–Trinajstić information content (AvgIpc) is 2.55. The summed E-state index contributed by atoms with van der Waals surface area (Å²) < 4.78 is 32.3. The Morgan fingerprint density at radius 2 is 2.04 bits per heavy atom. The van der Waals surface area contributed by atoms with Crippen LogP contribution in [0, 0.1) is 11.3 Å². The van der Waals surface area contributed by atoms with Crippen LogP contribution in [0.2, 0.25) is 0 Å². The Bertz CT molecular complexity index is 694. The van der Waals surface area contributed by atoms with Crippen molar-refractivity contribution < 1.29 is 18.3 Å². The summed E-state index contributed by atoms with van der Waals surface area (Å²) in [7, 11) is -3.47. The molecule has 1 aromatic rings. The van der Waals surface area contributed by atoms with Gasteiger partial charge in [0.15, 0.2) is 6.61 Å². The third-order valence-electron chi connectivity index (χ3n) is 4.46. The first-order valence-electron chi connectivity index (χ1n) is 8.13. The molecule has 0 heterocycles. The van der Waals surface area contributed by atoms with E-state index in [1.807, 2.05) is 6.07 Å². The number of rotatable bonds is 6. The van der Waals surface area contributed by atoms with Crippen LogP contribution in [0.4, 0.5) is 0 Å². The molecular formula is C17H24N2O4S. The largest absolute Gasteiger partial charge is 0.479 e. The zero-order valence-electron chi connectivity index (χ0n) is 14.0. The Morgan fingerprint density at radius 3 is 2.62 bits per heavy atom. The molecule has 0 amide bonds. The Labute approximate surface area is 143 Å². The molecule has 1 aliphatic carbocycles. The van der Waals surface area contributed by atoms with Crippen LogP contribution in [0.3, 0.4) is 0 Å². The van der Waals surface area contributed by atoms with Gasteiger partial charge in [0.25, 0.3) is 0 Å². The molecule has 7 heteroatoms. The van der Waals surface area contributed by atoms with E-state index in [4.69, 9.17) is 10.00 Å². The van der Waals surface area contributed by atoms with Gasteiger partial charge in [0.1, 0.15) is 17.4 Å². The number of nitrogens with one attached hydrogen (secondary N) is 1. The highest BCUT2D eigenvalue weighted by atomic mass is 32.2. The molecule has 0 aromatic heterocycles. The van der Waals surface area contributed by atoms with Crippen molar-refractivity contribution in [3.8, 4) is 11.8 Å². The summed E-state index contributed by atoms with van der Waals surface area (Å²) in [6.07, 6.45) is 2.80. The van der Waals surface area contributed by atoms with Crippen LogP contribution in [-0.4, -0.2) is 31.4 Å². The maximum Gasteiger partial charge on any atom is 0.214 e. The van der Waals surface area contributed by atoms with Crippen LogP contribution in [0.15, 0.2) is 24.3 Å². The Hall–Kier alpha value is -1.62. The smallest absolute Gasteiger partial charge is 0.214 e. The summed E-state index contributed by atoms with van der Waals surface area (Å²) in [5, 5.41) is 19.2. The number of ether oxygens (including phenoxy) is 1. The highest BCUT2D eigenvalue weighted by Crippen LogP contribution is 2.38. The van der Waals surface area contributed by atoms with Crippen molar-refractivity contribution in [2.75, 3.05) is 6.61 Å². The van der Waals surface area contributed by atoms with Gasteiger partial charge in [-0.25, -0.2) is 13.1 Å². The number of nitriles is 1. The molecule has 1 aromatic carbocycles. The SMILES string of the molecule is CC(C)S(=O)(=O)N[C@H]1CCCCC1(O)c1ccc(OCC#N)cc1. The van der Waals surface area contributed by atoms with Gasteiger partial charge in [-0.2, -0.15) is 5.26 Å². The minimum absolute atomic E-state index is 0.0412. The fraction of sp³-hybridized carbons (Fsp3) is 0.588. The van der Waals surface area contributed by atoms with Crippen molar-refractivity contribution in [1.29, 1.82) is 5.26 Å². The van der Waals surface area contributed by atoms with E-state index in [1.54, 1.807) is 38.1 Å². The van der Waals surface area contributed by atoms with Crippen molar-refractivity contribution in [3.63, 3.8) is 0 Å².